The Labute approximate surface area is 176 Å². The lowest BCUT2D eigenvalue weighted by Crippen LogP contribution is -2.05. The van der Waals surface area contributed by atoms with Crippen molar-refractivity contribution in [3.05, 3.63) is 61.1 Å². The average Bonchev–Trinajstić information content (AvgIpc) is 2.63. The first-order chi connectivity index (χ1) is 12.4. The van der Waals surface area contributed by atoms with E-state index in [0.717, 1.165) is 11.1 Å². The van der Waals surface area contributed by atoms with E-state index in [1.807, 2.05) is 6.07 Å². The molecule has 0 radical (unpaired) electrons. The van der Waals surface area contributed by atoms with Crippen molar-refractivity contribution in [3.8, 4) is 23.0 Å². The van der Waals surface area contributed by atoms with E-state index in [1.165, 1.54) is 0 Å². The number of halogens is 4. The second-order valence-corrected chi connectivity index (χ2v) is 7.78. The Kier molecular flexibility index (Phi) is 6.34. The number of rotatable bonds is 5. The second-order valence-electron chi connectivity index (χ2n) is 5.26. The third-order valence-electron chi connectivity index (χ3n) is 3.46. The Bertz CT molecular complexity index is 917. The minimum Gasteiger partial charge on any atom is -0.506 e. The van der Waals surface area contributed by atoms with Crippen LogP contribution >= 0.6 is 55.1 Å². The summed E-state index contributed by atoms with van der Waals surface area (Å²) < 4.78 is 6.61. The second kappa shape index (κ2) is 8.52. The number of hydrogen-bond donors (Lipinski definition) is 1. The largest absolute Gasteiger partial charge is 0.506 e. The summed E-state index contributed by atoms with van der Waals surface area (Å²) in [5.41, 5.74) is 2.31. The van der Waals surface area contributed by atoms with E-state index < -0.39 is 0 Å². The fourth-order valence-electron chi connectivity index (χ4n) is 2.13. The highest BCUT2D eigenvalue weighted by molar-refractivity contribution is 9.11. The smallest absolute Gasteiger partial charge is 0.335 e. The van der Waals surface area contributed by atoms with Crippen LogP contribution in [0.5, 0.6) is 11.8 Å². The molecule has 0 aliphatic rings. The van der Waals surface area contributed by atoms with E-state index in [1.54, 1.807) is 30.5 Å². The molecule has 0 aliphatic heterocycles. The Morgan fingerprint density at radius 3 is 2.35 bits per heavy atom. The highest BCUT2D eigenvalue weighted by Crippen LogP contribution is 2.36. The lowest BCUT2D eigenvalue weighted by molar-refractivity contribution is 0.292. The van der Waals surface area contributed by atoms with Crippen LogP contribution in [0.2, 0.25) is 10.0 Å². The average molecular weight is 520 g/mol. The molecule has 1 heterocycles. The molecule has 0 amide bonds. The van der Waals surface area contributed by atoms with Crippen LogP contribution in [-0.4, -0.2) is 26.9 Å². The van der Waals surface area contributed by atoms with Crippen LogP contribution in [0, 0.1) is 0 Å². The maximum atomic E-state index is 9.76. The van der Waals surface area contributed by atoms with E-state index in [-0.39, 0.29) is 11.8 Å². The van der Waals surface area contributed by atoms with E-state index in [0.29, 0.717) is 37.7 Å². The first-order valence-electron chi connectivity index (χ1n) is 7.39. The summed E-state index contributed by atoms with van der Waals surface area (Å²) in [6.07, 6.45) is 2.20. The molecule has 0 atom stereocenters. The van der Waals surface area contributed by atoms with Crippen molar-refractivity contribution in [2.24, 2.45) is 0 Å². The predicted octanol–water partition coefficient (Wildman–Crippen LogP) is 5.70. The lowest BCUT2D eigenvalue weighted by atomic mass is 10.1. The van der Waals surface area contributed by atoms with Crippen LogP contribution in [0.4, 0.5) is 0 Å². The van der Waals surface area contributed by atoms with Crippen LogP contribution < -0.4 is 4.74 Å². The quantitative estimate of drug-likeness (QED) is 0.468. The van der Waals surface area contributed by atoms with Crippen molar-refractivity contribution in [2.45, 2.75) is 6.42 Å². The number of phenols is 1. The zero-order chi connectivity index (χ0) is 18.7. The first-order valence-corrected chi connectivity index (χ1v) is 9.73. The summed E-state index contributed by atoms with van der Waals surface area (Å²) >= 11 is 18.4. The molecule has 2 aromatic carbocycles. The van der Waals surface area contributed by atoms with Crippen molar-refractivity contribution in [1.29, 1.82) is 0 Å². The lowest BCUT2D eigenvalue weighted by Gasteiger charge is -2.07. The fraction of sp³-hybridized carbons (Fsp3) is 0.118. The van der Waals surface area contributed by atoms with Gasteiger partial charge in [-0.2, -0.15) is 0 Å². The van der Waals surface area contributed by atoms with E-state index >= 15 is 0 Å². The first kappa shape index (κ1) is 19.4. The van der Waals surface area contributed by atoms with Gasteiger partial charge in [-0.15, -0.1) is 5.10 Å². The standard InChI is InChI=1S/C17H11Br2Cl2N3O2/c18-11-6-10(7-12(19)16(11)25)15-8-22-17(24-23-15)26-4-3-9-1-2-13(20)14(21)5-9/h1-2,5-8,25H,3-4H2. The number of aromatic nitrogens is 3. The topological polar surface area (TPSA) is 68.1 Å². The summed E-state index contributed by atoms with van der Waals surface area (Å²) in [4.78, 5) is 4.16. The van der Waals surface area contributed by atoms with Crippen LogP contribution in [0.3, 0.4) is 0 Å². The molecule has 5 nitrogen and oxygen atoms in total. The number of ether oxygens (including phenoxy) is 1. The maximum absolute atomic E-state index is 9.76. The third kappa shape index (κ3) is 4.65. The van der Waals surface area contributed by atoms with Crippen LogP contribution in [0.1, 0.15) is 5.56 Å². The highest BCUT2D eigenvalue weighted by Gasteiger charge is 2.10. The predicted molar refractivity (Wildman–Crippen MR) is 108 cm³/mol. The Morgan fingerprint density at radius 2 is 1.73 bits per heavy atom. The highest BCUT2D eigenvalue weighted by atomic mass is 79.9. The Balaban J connectivity index is 1.63. The van der Waals surface area contributed by atoms with Crippen molar-refractivity contribution < 1.29 is 9.84 Å². The molecule has 0 fully saturated rings. The summed E-state index contributed by atoms with van der Waals surface area (Å²) in [6.45, 7) is 0.384. The van der Waals surface area contributed by atoms with Gasteiger partial charge in [0.15, 0.2) is 0 Å². The van der Waals surface area contributed by atoms with Gasteiger partial charge in [-0.3, -0.25) is 0 Å². The van der Waals surface area contributed by atoms with Crippen molar-refractivity contribution in [2.75, 3.05) is 6.61 Å². The molecule has 0 spiro atoms. The molecule has 0 unspecified atom stereocenters. The number of hydrogen-bond acceptors (Lipinski definition) is 5. The normalized spacial score (nSPS) is 10.8. The number of benzene rings is 2. The Hall–Kier alpha value is -1.41. The van der Waals surface area contributed by atoms with Gasteiger partial charge in [-0.25, -0.2) is 4.98 Å². The van der Waals surface area contributed by atoms with Gasteiger partial charge in [0.1, 0.15) is 11.4 Å². The minimum absolute atomic E-state index is 0.122. The van der Waals surface area contributed by atoms with Gasteiger partial charge >= 0.3 is 6.01 Å². The molecule has 26 heavy (non-hydrogen) atoms. The van der Waals surface area contributed by atoms with Gasteiger partial charge in [0.05, 0.1) is 31.8 Å². The molecule has 3 aromatic rings. The molecule has 1 aromatic heterocycles. The van der Waals surface area contributed by atoms with Crippen LogP contribution in [0.15, 0.2) is 45.5 Å². The van der Waals surface area contributed by atoms with Crippen molar-refractivity contribution in [3.63, 3.8) is 0 Å². The summed E-state index contributed by atoms with van der Waals surface area (Å²) in [5.74, 6) is 0.122. The number of aromatic hydroxyl groups is 1. The SMILES string of the molecule is Oc1c(Br)cc(-c2cnc(OCCc3ccc(Cl)c(Cl)c3)nn2)cc1Br. The van der Waals surface area contributed by atoms with Crippen LogP contribution in [0.25, 0.3) is 11.3 Å². The molecule has 9 heteroatoms. The third-order valence-corrected chi connectivity index (χ3v) is 5.41. The Morgan fingerprint density at radius 1 is 1.00 bits per heavy atom. The summed E-state index contributed by atoms with van der Waals surface area (Å²) in [5, 5.41) is 18.9. The molecular formula is C17H11Br2Cl2N3O2. The minimum atomic E-state index is 0.122. The molecular weight excluding hydrogens is 509 g/mol. The van der Waals surface area contributed by atoms with E-state index in [2.05, 4.69) is 47.0 Å². The molecule has 0 bridgehead atoms. The monoisotopic (exact) mass is 517 g/mol. The van der Waals surface area contributed by atoms with Crippen molar-refractivity contribution >= 4 is 55.1 Å². The molecule has 0 saturated heterocycles. The van der Waals surface area contributed by atoms with Gasteiger partial charge in [-0.1, -0.05) is 34.4 Å². The fourth-order valence-corrected chi connectivity index (χ4v) is 3.64. The maximum Gasteiger partial charge on any atom is 0.335 e. The van der Waals surface area contributed by atoms with Gasteiger partial charge in [-0.05, 0) is 61.7 Å². The van der Waals surface area contributed by atoms with Gasteiger partial charge in [0.2, 0.25) is 0 Å². The van der Waals surface area contributed by atoms with Crippen LogP contribution in [-0.2, 0) is 6.42 Å². The summed E-state index contributed by atoms with van der Waals surface area (Å²) in [7, 11) is 0. The number of nitrogens with zero attached hydrogens (tertiary/aromatic N) is 3. The van der Waals surface area contributed by atoms with E-state index in [9.17, 15) is 5.11 Å². The van der Waals surface area contributed by atoms with Gasteiger partial charge in [0.25, 0.3) is 0 Å². The zero-order valence-electron chi connectivity index (χ0n) is 13.1. The van der Waals surface area contributed by atoms with Gasteiger partial charge < -0.3 is 9.84 Å². The zero-order valence-corrected chi connectivity index (χ0v) is 17.8. The molecule has 1 N–H and O–H groups in total. The molecule has 3 rings (SSSR count). The van der Waals surface area contributed by atoms with Gasteiger partial charge in [0, 0.05) is 12.0 Å². The number of phenolic OH excluding ortho intramolecular Hbond substituents is 1. The molecule has 134 valence electrons. The summed E-state index contributed by atoms with van der Waals surface area (Å²) in [6, 6.07) is 9.09. The molecule has 0 aliphatic carbocycles. The van der Waals surface area contributed by atoms with Crippen molar-refractivity contribution in [1.82, 2.24) is 15.2 Å². The van der Waals surface area contributed by atoms with E-state index in [4.69, 9.17) is 27.9 Å². The molecule has 0 saturated carbocycles.